The summed E-state index contributed by atoms with van der Waals surface area (Å²) in [6.07, 6.45) is 11.0. The molecule has 2 atom stereocenters. The Morgan fingerprint density at radius 3 is 2.96 bits per heavy atom. The predicted octanol–water partition coefficient (Wildman–Crippen LogP) is 2.81. The minimum Gasteiger partial charge on any atom is -0.351 e. The summed E-state index contributed by atoms with van der Waals surface area (Å²) in [5.41, 5.74) is 1.97. The Labute approximate surface area is 176 Å². The number of hydrogen-bond acceptors (Lipinski definition) is 3. The van der Waals surface area contributed by atoms with Crippen molar-refractivity contribution in [3.63, 3.8) is 0 Å². The Hall–Kier alpha value is -2.10. The van der Waals surface area contributed by atoms with Crippen LogP contribution < -0.4 is 5.32 Å². The highest BCUT2D eigenvalue weighted by Crippen LogP contribution is 2.27. The van der Waals surface area contributed by atoms with Gasteiger partial charge >= 0.3 is 0 Å². The number of fused-ring (bicyclic) bond motifs is 1. The van der Waals surface area contributed by atoms with Crippen molar-refractivity contribution in [3.8, 4) is 0 Å². The van der Waals surface area contributed by atoms with E-state index in [2.05, 4.69) is 49.1 Å². The van der Waals surface area contributed by atoms with Crippen molar-refractivity contribution >= 4 is 35.6 Å². The second-order valence-electron chi connectivity index (χ2n) is 6.89. The van der Waals surface area contributed by atoms with Gasteiger partial charge in [0.2, 0.25) is 0 Å². The number of nitrogens with zero attached hydrogens (tertiary/aromatic N) is 6. The van der Waals surface area contributed by atoms with E-state index >= 15 is 0 Å². The van der Waals surface area contributed by atoms with Crippen molar-refractivity contribution in [3.05, 3.63) is 55.0 Å². The van der Waals surface area contributed by atoms with E-state index in [0.29, 0.717) is 18.5 Å². The van der Waals surface area contributed by atoms with Crippen molar-refractivity contribution in [2.45, 2.75) is 25.9 Å². The molecule has 4 heterocycles. The number of likely N-dealkylation sites (tertiary alicyclic amines) is 1. The second-order valence-corrected chi connectivity index (χ2v) is 6.89. The number of halogens is 1. The third-order valence-corrected chi connectivity index (χ3v) is 5.18. The SMILES string of the molecule is CN=C(NCc1cn2ccccc2n1)N1CCC(C)C(n2ccnc2)C1.I. The number of nitrogens with one attached hydrogen (secondary N) is 1. The molecule has 7 nitrogen and oxygen atoms in total. The van der Waals surface area contributed by atoms with Crippen LogP contribution in [-0.2, 0) is 6.54 Å². The first-order chi connectivity index (χ1) is 12.7. The standard InChI is InChI=1S/C19H25N7.HI/c1-15-6-9-25(13-17(15)26-10-7-21-14-26)19(20-2)22-11-16-12-24-8-4-3-5-18(24)23-16;/h3-5,7-8,10,12,14-15,17H,6,9,11,13H2,1-2H3,(H,20,22);1H. The Balaban J connectivity index is 0.00000210. The molecule has 1 aliphatic heterocycles. The molecule has 1 fully saturated rings. The van der Waals surface area contributed by atoms with Gasteiger partial charge in [-0.05, 0) is 24.5 Å². The van der Waals surface area contributed by atoms with Crippen LogP contribution in [-0.4, -0.2) is 49.9 Å². The lowest BCUT2D eigenvalue weighted by Crippen LogP contribution is -2.48. The molecule has 0 saturated carbocycles. The molecule has 8 heteroatoms. The van der Waals surface area contributed by atoms with Crippen LogP contribution >= 0.6 is 24.0 Å². The molecule has 1 saturated heterocycles. The summed E-state index contributed by atoms with van der Waals surface area (Å²) in [7, 11) is 1.84. The fraction of sp³-hybridized carbons (Fsp3) is 0.421. The van der Waals surface area contributed by atoms with Gasteiger partial charge in [-0.15, -0.1) is 24.0 Å². The fourth-order valence-corrected chi connectivity index (χ4v) is 3.67. The van der Waals surface area contributed by atoms with Crippen LogP contribution in [0.15, 0.2) is 54.3 Å². The number of imidazole rings is 2. The maximum absolute atomic E-state index is 4.65. The van der Waals surface area contributed by atoms with E-state index in [1.807, 2.05) is 48.4 Å². The van der Waals surface area contributed by atoms with Crippen LogP contribution in [0.1, 0.15) is 25.1 Å². The molecule has 0 aromatic carbocycles. The van der Waals surface area contributed by atoms with Crippen LogP contribution in [0.2, 0.25) is 0 Å². The molecule has 0 radical (unpaired) electrons. The van der Waals surface area contributed by atoms with Crippen molar-refractivity contribution < 1.29 is 0 Å². The van der Waals surface area contributed by atoms with E-state index in [-0.39, 0.29) is 24.0 Å². The molecule has 4 rings (SSSR count). The maximum atomic E-state index is 4.65. The Bertz CT molecular complexity index is 854. The summed E-state index contributed by atoms with van der Waals surface area (Å²) >= 11 is 0. The van der Waals surface area contributed by atoms with Gasteiger partial charge in [0, 0.05) is 44.9 Å². The van der Waals surface area contributed by atoms with E-state index in [1.165, 1.54) is 0 Å². The van der Waals surface area contributed by atoms with Crippen molar-refractivity contribution in [2.75, 3.05) is 20.1 Å². The van der Waals surface area contributed by atoms with Gasteiger partial charge in [-0.1, -0.05) is 13.0 Å². The molecule has 0 bridgehead atoms. The van der Waals surface area contributed by atoms with Crippen LogP contribution in [0.5, 0.6) is 0 Å². The molecule has 1 aliphatic rings. The lowest BCUT2D eigenvalue weighted by atomic mass is 9.93. The number of guanidine groups is 1. The summed E-state index contributed by atoms with van der Waals surface area (Å²) < 4.78 is 4.25. The average molecular weight is 479 g/mol. The molecule has 0 aliphatic carbocycles. The highest BCUT2D eigenvalue weighted by atomic mass is 127. The van der Waals surface area contributed by atoms with E-state index < -0.39 is 0 Å². The average Bonchev–Trinajstić information content (AvgIpc) is 3.32. The maximum Gasteiger partial charge on any atom is 0.194 e. The first-order valence-corrected chi connectivity index (χ1v) is 9.10. The summed E-state index contributed by atoms with van der Waals surface area (Å²) in [6.45, 7) is 4.92. The molecule has 2 unspecified atom stereocenters. The van der Waals surface area contributed by atoms with Crippen molar-refractivity contribution in [2.24, 2.45) is 10.9 Å². The monoisotopic (exact) mass is 479 g/mol. The van der Waals surface area contributed by atoms with Gasteiger partial charge in [-0.3, -0.25) is 4.99 Å². The minimum atomic E-state index is 0. The molecule has 144 valence electrons. The van der Waals surface area contributed by atoms with Gasteiger partial charge < -0.3 is 19.2 Å². The third-order valence-electron chi connectivity index (χ3n) is 5.18. The molecule has 27 heavy (non-hydrogen) atoms. The van der Waals surface area contributed by atoms with Gasteiger partial charge in [0.05, 0.1) is 24.6 Å². The molecular weight excluding hydrogens is 453 g/mol. The molecule has 0 amide bonds. The predicted molar refractivity (Wildman–Crippen MR) is 117 cm³/mol. The number of rotatable bonds is 3. The van der Waals surface area contributed by atoms with E-state index in [0.717, 1.165) is 36.8 Å². The molecule has 3 aromatic heterocycles. The van der Waals surface area contributed by atoms with Gasteiger partial charge in [-0.2, -0.15) is 0 Å². The quantitative estimate of drug-likeness (QED) is 0.357. The van der Waals surface area contributed by atoms with Crippen LogP contribution in [0.4, 0.5) is 0 Å². The highest BCUT2D eigenvalue weighted by molar-refractivity contribution is 14.0. The first-order valence-electron chi connectivity index (χ1n) is 9.10. The van der Waals surface area contributed by atoms with Gasteiger partial charge in [0.15, 0.2) is 5.96 Å². The molecular formula is C19H26IN7. The van der Waals surface area contributed by atoms with Crippen LogP contribution in [0.25, 0.3) is 5.65 Å². The van der Waals surface area contributed by atoms with Gasteiger partial charge in [-0.25, -0.2) is 9.97 Å². The lowest BCUT2D eigenvalue weighted by Gasteiger charge is -2.39. The summed E-state index contributed by atoms with van der Waals surface area (Å²) in [6, 6.07) is 6.44. The minimum absolute atomic E-state index is 0. The smallest absolute Gasteiger partial charge is 0.194 e. The Morgan fingerprint density at radius 1 is 1.33 bits per heavy atom. The highest BCUT2D eigenvalue weighted by Gasteiger charge is 2.28. The fourth-order valence-electron chi connectivity index (χ4n) is 3.67. The number of aromatic nitrogens is 4. The van der Waals surface area contributed by atoms with Crippen LogP contribution in [0, 0.1) is 5.92 Å². The number of hydrogen-bond donors (Lipinski definition) is 1. The molecule has 1 N–H and O–H groups in total. The Morgan fingerprint density at radius 2 is 2.22 bits per heavy atom. The van der Waals surface area contributed by atoms with E-state index in [4.69, 9.17) is 0 Å². The Kier molecular flexibility index (Phi) is 6.35. The molecule has 0 spiro atoms. The number of piperidine rings is 1. The topological polar surface area (TPSA) is 62.8 Å². The number of pyridine rings is 1. The second kappa shape index (κ2) is 8.73. The zero-order chi connectivity index (χ0) is 17.9. The summed E-state index contributed by atoms with van der Waals surface area (Å²) in [4.78, 5) is 15.7. The van der Waals surface area contributed by atoms with Gasteiger partial charge in [0.25, 0.3) is 0 Å². The summed E-state index contributed by atoms with van der Waals surface area (Å²) in [5, 5.41) is 3.47. The molecule has 3 aromatic rings. The first kappa shape index (κ1) is 19.7. The van der Waals surface area contributed by atoms with Crippen molar-refractivity contribution in [1.29, 1.82) is 0 Å². The normalized spacial score (nSPS) is 20.5. The lowest BCUT2D eigenvalue weighted by molar-refractivity contribution is 0.189. The number of aliphatic imine (C=N–C) groups is 1. The summed E-state index contributed by atoms with van der Waals surface area (Å²) in [5.74, 6) is 1.55. The van der Waals surface area contributed by atoms with Crippen molar-refractivity contribution in [1.82, 2.24) is 29.2 Å². The van der Waals surface area contributed by atoms with Gasteiger partial charge in [0.1, 0.15) is 5.65 Å². The largest absolute Gasteiger partial charge is 0.351 e. The zero-order valence-electron chi connectivity index (χ0n) is 15.7. The van der Waals surface area contributed by atoms with E-state index in [1.54, 1.807) is 0 Å². The van der Waals surface area contributed by atoms with Crippen LogP contribution in [0.3, 0.4) is 0 Å². The van der Waals surface area contributed by atoms with E-state index in [9.17, 15) is 0 Å². The third kappa shape index (κ3) is 4.26. The zero-order valence-corrected chi connectivity index (χ0v) is 18.0.